The van der Waals surface area contributed by atoms with E-state index in [1.165, 1.54) is 18.2 Å². The SMILES string of the molecule is CC.CONC1=NC2CC/C=C\c3ccc4c(c3)C(CC4)NC(=O)c3ccc4c(c3)[C@@H](CCO4)N1C(=O)C2. The van der Waals surface area contributed by atoms with Crippen LogP contribution in [0.25, 0.3) is 6.08 Å². The molecule has 38 heavy (non-hydrogen) atoms. The first-order valence-electron chi connectivity index (χ1n) is 13.7. The number of carbonyl (C=O) groups is 2. The Kier molecular flexibility index (Phi) is 7.79. The summed E-state index contributed by atoms with van der Waals surface area (Å²) in [5, 5.41) is 3.24. The first kappa shape index (κ1) is 26.0. The predicted octanol–water partition coefficient (Wildman–Crippen LogP) is 4.87. The fraction of sp³-hybridized carbons (Fsp3) is 0.433. The van der Waals surface area contributed by atoms with Gasteiger partial charge in [0.25, 0.3) is 5.91 Å². The summed E-state index contributed by atoms with van der Waals surface area (Å²) in [5.74, 6) is 0.946. The van der Waals surface area contributed by atoms with Crippen molar-refractivity contribution in [1.29, 1.82) is 0 Å². The molecule has 4 heterocycles. The normalized spacial score (nSPS) is 24.7. The van der Waals surface area contributed by atoms with E-state index >= 15 is 0 Å². The number of amides is 2. The van der Waals surface area contributed by atoms with Crippen LogP contribution < -0.4 is 15.5 Å². The van der Waals surface area contributed by atoms with Crippen molar-refractivity contribution in [2.24, 2.45) is 4.99 Å². The Labute approximate surface area is 224 Å². The molecule has 0 saturated heterocycles. The molecule has 2 aromatic carbocycles. The average Bonchev–Trinajstić information content (AvgIpc) is 3.33. The third kappa shape index (κ3) is 5.05. The van der Waals surface area contributed by atoms with E-state index in [2.05, 4.69) is 41.1 Å². The number of hydrogen-bond donors (Lipinski definition) is 2. The van der Waals surface area contributed by atoms with Crippen LogP contribution in [0.3, 0.4) is 0 Å². The minimum Gasteiger partial charge on any atom is -0.493 e. The molecule has 1 aliphatic carbocycles. The molecular weight excluding hydrogens is 480 g/mol. The zero-order valence-electron chi connectivity index (χ0n) is 22.3. The van der Waals surface area contributed by atoms with E-state index in [4.69, 9.17) is 14.6 Å². The first-order chi connectivity index (χ1) is 18.6. The number of hydroxylamine groups is 1. The van der Waals surface area contributed by atoms with Crippen molar-refractivity contribution >= 4 is 23.8 Å². The molecular formula is C30H36N4O4. The Balaban J connectivity index is 0.00000144. The van der Waals surface area contributed by atoms with Gasteiger partial charge in [-0.05, 0) is 66.6 Å². The van der Waals surface area contributed by atoms with Gasteiger partial charge in [0.15, 0.2) is 0 Å². The number of nitrogens with zero attached hydrogens (tertiary/aromatic N) is 2. The van der Waals surface area contributed by atoms with Crippen LogP contribution in [0, 0.1) is 0 Å². The monoisotopic (exact) mass is 516 g/mol. The second kappa shape index (κ2) is 11.4. The average molecular weight is 517 g/mol. The largest absolute Gasteiger partial charge is 0.493 e. The van der Waals surface area contributed by atoms with E-state index in [-0.39, 0.29) is 29.9 Å². The Bertz CT molecular complexity index is 1270. The van der Waals surface area contributed by atoms with Gasteiger partial charge in [-0.1, -0.05) is 38.1 Å². The zero-order valence-corrected chi connectivity index (χ0v) is 22.3. The summed E-state index contributed by atoms with van der Waals surface area (Å²) in [4.78, 5) is 38.5. The number of carbonyl (C=O) groups excluding carboxylic acids is 2. The number of ether oxygens (including phenoxy) is 1. The molecule has 3 atom stereocenters. The Morgan fingerprint density at radius 1 is 1.08 bits per heavy atom. The molecule has 0 saturated carbocycles. The maximum Gasteiger partial charge on any atom is 0.251 e. The third-order valence-corrected chi connectivity index (χ3v) is 7.53. The number of rotatable bonds is 1. The molecule has 2 unspecified atom stereocenters. The van der Waals surface area contributed by atoms with Crippen molar-refractivity contribution in [2.45, 2.75) is 70.5 Å². The molecule has 0 fully saturated rings. The molecule has 0 radical (unpaired) electrons. The highest BCUT2D eigenvalue weighted by Gasteiger charge is 2.38. The first-order valence-corrected chi connectivity index (χ1v) is 13.7. The van der Waals surface area contributed by atoms with Gasteiger partial charge >= 0.3 is 0 Å². The molecule has 8 heteroatoms. The molecule has 200 valence electrons. The van der Waals surface area contributed by atoms with E-state index in [9.17, 15) is 9.59 Å². The maximum atomic E-state index is 13.4. The lowest BCUT2D eigenvalue weighted by molar-refractivity contribution is -0.131. The van der Waals surface area contributed by atoms with Gasteiger partial charge in [0.05, 0.1) is 31.8 Å². The zero-order chi connectivity index (χ0) is 26.6. The Morgan fingerprint density at radius 3 is 2.79 bits per heavy atom. The molecule has 0 spiro atoms. The number of hydrogen-bond acceptors (Lipinski definition) is 6. The molecule has 2 aromatic rings. The smallest absolute Gasteiger partial charge is 0.251 e. The number of fused-ring (bicyclic) bond motifs is 4. The quantitative estimate of drug-likeness (QED) is 0.528. The molecule has 0 aromatic heterocycles. The Morgan fingerprint density at radius 2 is 1.95 bits per heavy atom. The maximum absolute atomic E-state index is 13.4. The summed E-state index contributed by atoms with van der Waals surface area (Å²) in [5.41, 5.74) is 7.79. The fourth-order valence-electron chi connectivity index (χ4n) is 5.76. The van der Waals surface area contributed by atoms with Crippen LogP contribution in [0.15, 0.2) is 47.5 Å². The number of benzene rings is 2. The lowest BCUT2D eigenvalue weighted by Gasteiger charge is -2.39. The van der Waals surface area contributed by atoms with Gasteiger partial charge in [0.2, 0.25) is 11.9 Å². The topological polar surface area (TPSA) is 92.3 Å². The summed E-state index contributed by atoms with van der Waals surface area (Å²) in [6, 6.07) is 11.5. The minimum absolute atomic E-state index is 0.0152. The van der Waals surface area contributed by atoms with Gasteiger partial charge in [-0.3, -0.25) is 19.3 Å². The third-order valence-electron chi connectivity index (χ3n) is 7.53. The predicted molar refractivity (Wildman–Crippen MR) is 147 cm³/mol. The molecule has 7 rings (SSSR count). The van der Waals surface area contributed by atoms with Crippen LogP contribution in [0.2, 0.25) is 0 Å². The van der Waals surface area contributed by atoms with Crippen molar-refractivity contribution in [1.82, 2.24) is 15.7 Å². The van der Waals surface area contributed by atoms with E-state index in [0.29, 0.717) is 36.7 Å². The van der Waals surface area contributed by atoms with Crippen molar-refractivity contribution in [3.63, 3.8) is 0 Å². The number of allylic oxidation sites excluding steroid dienone is 1. The highest BCUT2D eigenvalue weighted by atomic mass is 16.6. The van der Waals surface area contributed by atoms with Gasteiger partial charge in [-0.25, -0.2) is 10.5 Å². The van der Waals surface area contributed by atoms with Crippen LogP contribution in [0.5, 0.6) is 5.75 Å². The molecule has 2 amide bonds. The number of nitrogens with one attached hydrogen (secondary N) is 2. The lowest BCUT2D eigenvalue weighted by Crippen LogP contribution is -2.51. The van der Waals surface area contributed by atoms with E-state index in [0.717, 1.165) is 36.8 Å². The second-order valence-electron chi connectivity index (χ2n) is 9.79. The number of guanidine groups is 1. The molecule has 2 N–H and O–H groups in total. The van der Waals surface area contributed by atoms with Crippen molar-refractivity contribution in [2.75, 3.05) is 13.7 Å². The highest BCUT2D eigenvalue weighted by Crippen LogP contribution is 2.39. The summed E-state index contributed by atoms with van der Waals surface area (Å²) in [6.45, 7) is 4.47. The van der Waals surface area contributed by atoms with Gasteiger partial charge in [-0.2, -0.15) is 0 Å². The molecule has 8 nitrogen and oxygen atoms in total. The minimum atomic E-state index is -0.301. The summed E-state index contributed by atoms with van der Waals surface area (Å²) in [6.07, 6.45) is 8.59. The summed E-state index contributed by atoms with van der Waals surface area (Å²) < 4.78 is 5.90. The van der Waals surface area contributed by atoms with Crippen LogP contribution >= 0.6 is 0 Å². The second-order valence-corrected chi connectivity index (χ2v) is 9.79. The van der Waals surface area contributed by atoms with Crippen molar-refractivity contribution < 1.29 is 19.2 Å². The van der Waals surface area contributed by atoms with E-state index in [1.807, 2.05) is 26.0 Å². The highest BCUT2D eigenvalue weighted by molar-refractivity contribution is 6.00. The van der Waals surface area contributed by atoms with Gasteiger partial charge in [0.1, 0.15) is 5.75 Å². The van der Waals surface area contributed by atoms with Crippen LogP contribution in [-0.4, -0.2) is 42.4 Å². The van der Waals surface area contributed by atoms with Gasteiger partial charge in [-0.15, -0.1) is 0 Å². The van der Waals surface area contributed by atoms with E-state index in [1.54, 1.807) is 11.0 Å². The molecule has 5 aliphatic rings. The number of aliphatic imine (C=N–C) groups is 1. The van der Waals surface area contributed by atoms with Crippen molar-refractivity contribution in [3.05, 3.63) is 70.3 Å². The van der Waals surface area contributed by atoms with Crippen LogP contribution in [-0.2, 0) is 16.1 Å². The van der Waals surface area contributed by atoms with Gasteiger partial charge < -0.3 is 10.1 Å². The molecule has 6 bridgehead atoms. The number of aryl methyl sites for hydroxylation is 1. The van der Waals surface area contributed by atoms with Crippen LogP contribution in [0.1, 0.15) is 90.6 Å². The summed E-state index contributed by atoms with van der Waals surface area (Å²) >= 11 is 0. The van der Waals surface area contributed by atoms with E-state index < -0.39 is 0 Å². The fourth-order valence-corrected chi connectivity index (χ4v) is 5.76. The lowest BCUT2D eigenvalue weighted by atomic mass is 9.94. The van der Waals surface area contributed by atoms with Gasteiger partial charge in [0, 0.05) is 24.0 Å². The molecule has 4 aliphatic heterocycles. The summed E-state index contributed by atoms with van der Waals surface area (Å²) in [7, 11) is 1.51. The van der Waals surface area contributed by atoms with Crippen molar-refractivity contribution in [3.8, 4) is 5.75 Å². The standard InChI is InChI=1S/C28H30N4O4.C2H6/c1-35-31-28-29-20-5-3-2-4-17-6-7-18-8-10-23(21(18)14-17)30-27(34)19-9-11-25-22(15-19)24(12-13-36-25)32(28)26(33)16-20;1-2/h2,4,6-7,9,11,14-15,20,23-24H,3,5,8,10,12-13,16H2,1H3,(H,29,31)(H,30,34);1-2H3/b4-2-;/t20?,23?,24-;/m1./s1. The Hall–Kier alpha value is -3.65. The van der Waals surface area contributed by atoms with Crippen LogP contribution in [0.4, 0.5) is 0 Å².